The maximum atomic E-state index is 12.5. The smallest absolute Gasteiger partial charge is 0.316 e. The molecule has 0 bridgehead atoms. The van der Waals surface area contributed by atoms with E-state index in [4.69, 9.17) is 4.74 Å². The third-order valence-corrected chi connectivity index (χ3v) is 5.10. The summed E-state index contributed by atoms with van der Waals surface area (Å²) in [4.78, 5) is 21.5. The first-order chi connectivity index (χ1) is 12.3. The maximum absolute atomic E-state index is 12.5. The molecule has 0 amide bonds. The molecule has 8 nitrogen and oxygen atoms in total. The van der Waals surface area contributed by atoms with Crippen LogP contribution >= 0.6 is 0 Å². The highest BCUT2D eigenvalue weighted by atomic mass is 16.5. The van der Waals surface area contributed by atoms with E-state index in [0.29, 0.717) is 36.7 Å². The number of nitrogens with one attached hydrogen (secondary N) is 2. The molecule has 1 aromatic rings. The number of hydrazine groups is 1. The second kappa shape index (κ2) is 7.61. The standard InChI is InChI=1S/C17H27N6O2/c24-23(14-6-7-14)15-12-18-17(21-22-8-10-25-11-9-22)20-16(15)19-13-4-2-1-3-5-13/h12-14H,1-11H2,(H2,18,19,20,21)/q+1. The number of hydrogen-bond donors (Lipinski definition) is 2. The first kappa shape index (κ1) is 16.7. The van der Waals surface area contributed by atoms with E-state index in [1.54, 1.807) is 6.20 Å². The summed E-state index contributed by atoms with van der Waals surface area (Å²) in [7, 11) is 0. The summed E-state index contributed by atoms with van der Waals surface area (Å²) in [5, 5.41) is 5.57. The van der Waals surface area contributed by atoms with Crippen LogP contribution in [0.1, 0.15) is 44.9 Å². The molecule has 2 heterocycles. The Morgan fingerprint density at radius 3 is 2.60 bits per heavy atom. The molecule has 3 fully saturated rings. The monoisotopic (exact) mass is 347 g/mol. The predicted octanol–water partition coefficient (Wildman–Crippen LogP) is 2.45. The molecule has 0 radical (unpaired) electrons. The summed E-state index contributed by atoms with van der Waals surface area (Å²) in [6.07, 6.45) is 9.62. The van der Waals surface area contributed by atoms with Crippen LogP contribution in [0.15, 0.2) is 6.20 Å². The second-order valence-corrected chi connectivity index (χ2v) is 7.17. The number of nitroso groups, excluding NO2 is 1. The number of hydrogen-bond acceptors (Lipinski definition) is 7. The van der Waals surface area contributed by atoms with Gasteiger partial charge in [-0.2, -0.15) is 4.98 Å². The molecule has 2 N–H and O–H groups in total. The summed E-state index contributed by atoms with van der Waals surface area (Å²) < 4.78 is 6.45. The second-order valence-electron chi connectivity index (χ2n) is 7.17. The molecule has 1 aromatic heterocycles. The van der Waals surface area contributed by atoms with Crippen LogP contribution < -0.4 is 10.7 Å². The van der Waals surface area contributed by atoms with Gasteiger partial charge in [0.25, 0.3) is 0 Å². The molecule has 1 aliphatic heterocycles. The van der Waals surface area contributed by atoms with Gasteiger partial charge < -0.3 is 10.1 Å². The van der Waals surface area contributed by atoms with Crippen LogP contribution in [0.25, 0.3) is 0 Å². The quantitative estimate of drug-likeness (QED) is 0.765. The van der Waals surface area contributed by atoms with E-state index in [1.807, 2.05) is 0 Å². The highest BCUT2D eigenvalue weighted by Gasteiger charge is 2.41. The zero-order valence-corrected chi connectivity index (χ0v) is 14.6. The number of aromatic nitrogens is 2. The van der Waals surface area contributed by atoms with Crippen molar-refractivity contribution in [3.8, 4) is 0 Å². The lowest BCUT2D eigenvalue weighted by molar-refractivity contribution is -0.477. The lowest BCUT2D eigenvalue weighted by atomic mass is 9.95. The van der Waals surface area contributed by atoms with Crippen molar-refractivity contribution in [2.45, 2.75) is 57.0 Å². The SMILES string of the molecule is O=[N+](c1cnc(NN2CCOCC2)nc1NC1CCCCC1)C1CC1. The van der Waals surface area contributed by atoms with Gasteiger partial charge in [0, 0.05) is 41.6 Å². The number of morpholine rings is 1. The van der Waals surface area contributed by atoms with Crippen LogP contribution in [-0.2, 0) is 4.74 Å². The zero-order valence-electron chi connectivity index (χ0n) is 14.6. The fourth-order valence-electron chi connectivity index (χ4n) is 3.46. The topological polar surface area (TPSA) is 82.4 Å². The molecule has 0 aromatic carbocycles. The van der Waals surface area contributed by atoms with Gasteiger partial charge in [-0.1, -0.05) is 19.3 Å². The van der Waals surface area contributed by atoms with Crippen molar-refractivity contribution < 1.29 is 9.50 Å². The van der Waals surface area contributed by atoms with E-state index in [-0.39, 0.29) is 6.04 Å². The van der Waals surface area contributed by atoms with Crippen molar-refractivity contribution in [3.63, 3.8) is 0 Å². The van der Waals surface area contributed by atoms with Gasteiger partial charge in [-0.05, 0) is 12.8 Å². The van der Waals surface area contributed by atoms with E-state index in [9.17, 15) is 4.91 Å². The molecule has 2 aliphatic carbocycles. The van der Waals surface area contributed by atoms with Crippen molar-refractivity contribution >= 4 is 17.5 Å². The molecule has 0 spiro atoms. The van der Waals surface area contributed by atoms with Crippen molar-refractivity contribution in [2.24, 2.45) is 0 Å². The Labute approximate surface area is 147 Å². The van der Waals surface area contributed by atoms with Gasteiger partial charge in [0.2, 0.25) is 17.8 Å². The van der Waals surface area contributed by atoms with E-state index in [0.717, 1.165) is 43.5 Å². The van der Waals surface area contributed by atoms with Crippen molar-refractivity contribution in [1.29, 1.82) is 0 Å². The summed E-state index contributed by atoms with van der Waals surface area (Å²) in [5.41, 5.74) is 3.81. The van der Waals surface area contributed by atoms with Crippen LogP contribution in [-0.4, -0.2) is 58.1 Å². The minimum atomic E-state index is 0.0913. The lowest BCUT2D eigenvalue weighted by Gasteiger charge is -2.27. The Morgan fingerprint density at radius 2 is 1.88 bits per heavy atom. The minimum Gasteiger partial charge on any atom is -0.379 e. The average Bonchev–Trinajstić information content (AvgIpc) is 3.48. The van der Waals surface area contributed by atoms with E-state index < -0.39 is 0 Å². The van der Waals surface area contributed by atoms with Gasteiger partial charge in [-0.25, -0.2) is 9.99 Å². The Hall–Kier alpha value is -1.80. The van der Waals surface area contributed by atoms with Crippen LogP contribution in [0, 0.1) is 4.91 Å². The van der Waals surface area contributed by atoms with Crippen LogP contribution in [0.3, 0.4) is 0 Å². The van der Waals surface area contributed by atoms with Crippen molar-refractivity contribution in [2.75, 3.05) is 37.0 Å². The van der Waals surface area contributed by atoms with Gasteiger partial charge in [-0.15, -0.1) is 0 Å². The summed E-state index contributed by atoms with van der Waals surface area (Å²) in [5.74, 6) is 1.20. The van der Waals surface area contributed by atoms with E-state index in [2.05, 4.69) is 25.7 Å². The Morgan fingerprint density at radius 1 is 1.12 bits per heavy atom. The first-order valence-electron chi connectivity index (χ1n) is 9.49. The van der Waals surface area contributed by atoms with Crippen LogP contribution in [0.4, 0.5) is 17.5 Å². The average molecular weight is 347 g/mol. The molecule has 0 unspecified atom stereocenters. The Kier molecular flexibility index (Phi) is 5.07. The molecule has 8 heteroatoms. The molecular weight excluding hydrogens is 320 g/mol. The van der Waals surface area contributed by atoms with Gasteiger partial charge in [0.1, 0.15) is 6.20 Å². The van der Waals surface area contributed by atoms with Crippen LogP contribution in [0.5, 0.6) is 0 Å². The largest absolute Gasteiger partial charge is 0.379 e. The third-order valence-electron chi connectivity index (χ3n) is 5.10. The van der Waals surface area contributed by atoms with Gasteiger partial charge in [-0.3, -0.25) is 5.43 Å². The van der Waals surface area contributed by atoms with Gasteiger partial charge in [0.05, 0.1) is 13.2 Å². The molecule has 2 saturated carbocycles. The van der Waals surface area contributed by atoms with Gasteiger partial charge in [0.15, 0.2) is 0 Å². The number of rotatable bonds is 6. The van der Waals surface area contributed by atoms with Gasteiger partial charge >= 0.3 is 5.69 Å². The maximum Gasteiger partial charge on any atom is 0.316 e. The highest BCUT2D eigenvalue weighted by Crippen LogP contribution is 2.34. The normalized spacial score (nSPS) is 22.6. The summed E-state index contributed by atoms with van der Waals surface area (Å²) in [6, 6.07) is 0.486. The summed E-state index contributed by atoms with van der Waals surface area (Å²) >= 11 is 0. The van der Waals surface area contributed by atoms with Crippen LogP contribution in [0.2, 0.25) is 0 Å². The fourth-order valence-corrected chi connectivity index (χ4v) is 3.46. The molecule has 1 saturated heterocycles. The Balaban J connectivity index is 1.52. The molecule has 4 rings (SSSR count). The van der Waals surface area contributed by atoms with E-state index >= 15 is 0 Å². The Bertz CT molecular complexity index is 609. The first-order valence-corrected chi connectivity index (χ1v) is 9.49. The minimum absolute atomic E-state index is 0.0913. The molecule has 3 aliphatic rings. The molecule has 25 heavy (non-hydrogen) atoms. The fraction of sp³-hybridized carbons (Fsp3) is 0.765. The highest BCUT2D eigenvalue weighted by molar-refractivity contribution is 5.57. The number of ether oxygens (including phenoxy) is 1. The lowest BCUT2D eigenvalue weighted by Crippen LogP contribution is -2.40. The predicted molar refractivity (Wildman–Crippen MR) is 94.9 cm³/mol. The molecule has 0 atom stereocenters. The van der Waals surface area contributed by atoms with E-state index in [1.165, 1.54) is 19.3 Å². The summed E-state index contributed by atoms with van der Waals surface area (Å²) in [6.45, 7) is 3.00. The molecular formula is C17H27N6O2+. The van der Waals surface area contributed by atoms with Crippen molar-refractivity contribution in [1.82, 2.24) is 15.0 Å². The zero-order chi connectivity index (χ0) is 17.1. The third kappa shape index (κ3) is 4.24. The number of nitrogens with zero attached hydrogens (tertiary/aromatic N) is 4. The van der Waals surface area contributed by atoms with Crippen molar-refractivity contribution in [3.05, 3.63) is 11.1 Å². The molecule has 136 valence electrons. The number of anilines is 2.